The summed E-state index contributed by atoms with van der Waals surface area (Å²) >= 11 is 6.03. The molecule has 170 valence electrons. The third-order valence-corrected chi connectivity index (χ3v) is 5.67. The van der Waals surface area contributed by atoms with E-state index in [9.17, 15) is 14.3 Å². The molecule has 3 rings (SSSR count). The van der Waals surface area contributed by atoms with Crippen molar-refractivity contribution in [3.8, 4) is 17.0 Å². The highest BCUT2D eigenvalue weighted by molar-refractivity contribution is 6.30. The number of aromatic nitrogens is 2. The van der Waals surface area contributed by atoms with E-state index in [1.54, 1.807) is 30.3 Å². The molecule has 0 aliphatic carbocycles. The topological polar surface area (TPSA) is 58.4 Å². The van der Waals surface area contributed by atoms with Crippen molar-refractivity contribution < 1.29 is 9.50 Å². The number of phenolic OH excluding ortho intramolecular Hbond substituents is 1. The van der Waals surface area contributed by atoms with E-state index in [0.29, 0.717) is 22.8 Å². The predicted octanol–water partition coefficient (Wildman–Crippen LogP) is 5.49. The Morgan fingerprint density at radius 2 is 1.88 bits per heavy atom. The molecule has 0 amide bonds. The molecule has 1 aromatic heterocycles. The Bertz CT molecular complexity index is 1090. The Morgan fingerprint density at radius 3 is 2.66 bits per heavy atom. The highest BCUT2D eigenvalue weighted by Crippen LogP contribution is 2.29. The minimum Gasteiger partial charge on any atom is -0.507 e. The maximum absolute atomic E-state index is 13.4. The van der Waals surface area contributed by atoms with Crippen molar-refractivity contribution in [3.63, 3.8) is 0 Å². The van der Waals surface area contributed by atoms with Gasteiger partial charge >= 0.3 is 0 Å². The second-order valence-corrected chi connectivity index (χ2v) is 8.29. The number of nitrogens with zero attached hydrogens (tertiary/aromatic N) is 3. The Hall–Kier alpha value is -2.70. The van der Waals surface area contributed by atoms with Crippen LogP contribution in [-0.2, 0) is 13.1 Å². The van der Waals surface area contributed by atoms with Gasteiger partial charge < -0.3 is 5.11 Å². The van der Waals surface area contributed by atoms with Crippen molar-refractivity contribution >= 4 is 11.6 Å². The Kier molecular flexibility index (Phi) is 8.82. The summed E-state index contributed by atoms with van der Waals surface area (Å²) in [5, 5.41) is 15.0. The van der Waals surface area contributed by atoms with E-state index in [1.807, 2.05) is 6.07 Å². The summed E-state index contributed by atoms with van der Waals surface area (Å²) in [4.78, 5) is 14.5. The maximum atomic E-state index is 13.4. The summed E-state index contributed by atoms with van der Waals surface area (Å²) in [6, 6.07) is 14.6. The fraction of sp³-hybridized carbons (Fsp3) is 0.360. The number of hydrogen-bond donors (Lipinski definition) is 1. The Balaban J connectivity index is 1.46. The molecule has 0 saturated carbocycles. The molecule has 0 saturated heterocycles. The van der Waals surface area contributed by atoms with Crippen LogP contribution < -0.4 is 5.56 Å². The van der Waals surface area contributed by atoms with Crippen LogP contribution in [0.25, 0.3) is 11.3 Å². The third-order valence-electron chi connectivity index (χ3n) is 5.44. The average Bonchev–Trinajstić information content (AvgIpc) is 2.78. The molecule has 0 unspecified atom stereocenters. The van der Waals surface area contributed by atoms with E-state index in [0.717, 1.165) is 50.9 Å². The van der Waals surface area contributed by atoms with E-state index in [-0.39, 0.29) is 17.1 Å². The fourth-order valence-corrected chi connectivity index (χ4v) is 3.83. The number of aryl methyl sites for hydroxylation is 1. The first-order valence-corrected chi connectivity index (χ1v) is 11.4. The summed E-state index contributed by atoms with van der Waals surface area (Å²) in [5.41, 5.74) is 1.84. The zero-order valence-electron chi connectivity index (χ0n) is 18.3. The van der Waals surface area contributed by atoms with E-state index in [4.69, 9.17) is 11.6 Å². The SMILES string of the molecule is CCN(CCCCCCn1nc(-c2cc(Cl)ccc2O)ccc1=O)Cc1cccc(F)c1. The van der Waals surface area contributed by atoms with Gasteiger partial charge in [0, 0.05) is 29.7 Å². The molecule has 0 radical (unpaired) electrons. The van der Waals surface area contributed by atoms with Gasteiger partial charge in [0.1, 0.15) is 11.6 Å². The van der Waals surface area contributed by atoms with Crippen LogP contribution in [0.1, 0.15) is 38.2 Å². The Morgan fingerprint density at radius 1 is 1.06 bits per heavy atom. The van der Waals surface area contributed by atoms with Gasteiger partial charge in [-0.25, -0.2) is 9.07 Å². The third kappa shape index (κ3) is 6.90. The molecule has 0 atom stereocenters. The van der Waals surface area contributed by atoms with Gasteiger partial charge in [0.15, 0.2) is 0 Å². The number of hydrogen-bond acceptors (Lipinski definition) is 4. The second-order valence-electron chi connectivity index (χ2n) is 7.85. The first-order valence-electron chi connectivity index (χ1n) is 11.0. The summed E-state index contributed by atoms with van der Waals surface area (Å²) in [5.74, 6) is -0.122. The lowest BCUT2D eigenvalue weighted by Crippen LogP contribution is -2.24. The first kappa shape index (κ1) is 24.0. The van der Waals surface area contributed by atoms with Gasteiger partial charge in [-0.15, -0.1) is 0 Å². The number of unbranched alkanes of at least 4 members (excludes halogenated alkanes) is 3. The number of phenols is 1. The van der Waals surface area contributed by atoms with E-state index < -0.39 is 0 Å². The molecule has 3 aromatic rings. The minimum atomic E-state index is -0.197. The highest BCUT2D eigenvalue weighted by atomic mass is 35.5. The van der Waals surface area contributed by atoms with E-state index in [1.165, 1.54) is 22.9 Å². The zero-order chi connectivity index (χ0) is 22.9. The lowest BCUT2D eigenvalue weighted by molar-refractivity contribution is 0.271. The molecule has 32 heavy (non-hydrogen) atoms. The number of benzene rings is 2. The van der Waals surface area contributed by atoms with Crippen molar-refractivity contribution in [1.29, 1.82) is 0 Å². The molecular formula is C25H29ClFN3O2. The predicted molar refractivity (Wildman–Crippen MR) is 126 cm³/mol. The fourth-order valence-electron chi connectivity index (χ4n) is 3.66. The van der Waals surface area contributed by atoms with E-state index in [2.05, 4.69) is 16.9 Å². The average molecular weight is 458 g/mol. The highest BCUT2D eigenvalue weighted by Gasteiger charge is 2.09. The first-order chi connectivity index (χ1) is 15.5. The Labute approximate surface area is 193 Å². The lowest BCUT2D eigenvalue weighted by Gasteiger charge is -2.20. The van der Waals surface area contributed by atoms with Crippen molar-refractivity contribution in [2.24, 2.45) is 0 Å². The molecule has 0 aliphatic rings. The lowest BCUT2D eigenvalue weighted by atomic mass is 10.1. The van der Waals surface area contributed by atoms with Crippen LogP contribution in [0.5, 0.6) is 5.75 Å². The van der Waals surface area contributed by atoms with Crippen molar-refractivity contribution in [1.82, 2.24) is 14.7 Å². The molecule has 1 N–H and O–H groups in total. The van der Waals surface area contributed by atoms with Crippen LogP contribution in [0.2, 0.25) is 5.02 Å². The van der Waals surface area contributed by atoms with Gasteiger partial charge in [-0.1, -0.05) is 43.5 Å². The normalized spacial score (nSPS) is 11.2. The van der Waals surface area contributed by atoms with Gasteiger partial charge in [-0.3, -0.25) is 9.69 Å². The van der Waals surface area contributed by atoms with Gasteiger partial charge in [0.2, 0.25) is 0 Å². The molecule has 7 heteroatoms. The minimum absolute atomic E-state index is 0.0748. The van der Waals surface area contributed by atoms with E-state index >= 15 is 0 Å². The molecule has 0 aliphatic heterocycles. The molecule has 0 fully saturated rings. The molecular weight excluding hydrogens is 429 g/mol. The van der Waals surface area contributed by atoms with Gasteiger partial charge in [-0.05, 0) is 67.9 Å². The van der Waals surface area contributed by atoms with Gasteiger partial charge in [0.25, 0.3) is 5.56 Å². The summed E-state index contributed by atoms with van der Waals surface area (Å²) in [6.07, 6.45) is 3.91. The van der Waals surface area contributed by atoms with Crippen molar-refractivity contribution in [2.45, 2.75) is 45.7 Å². The second kappa shape index (κ2) is 11.8. The summed E-state index contributed by atoms with van der Waals surface area (Å²) < 4.78 is 14.8. The summed E-state index contributed by atoms with van der Waals surface area (Å²) in [6.45, 7) is 5.25. The van der Waals surface area contributed by atoms with Gasteiger partial charge in [-0.2, -0.15) is 5.10 Å². The largest absolute Gasteiger partial charge is 0.507 e. The number of aromatic hydroxyl groups is 1. The quantitative estimate of drug-likeness (QED) is 0.387. The van der Waals surface area contributed by atoms with Gasteiger partial charge in [0.05, 0.1) is 5.69 Å². The van der Waals surface area contributed by atoms with Crippen LogP contribution in [0.4, 0.5) is 4.39 Å². The van der Waals surface area contributed by atoms with Crippen LogP contribution in [0, 0.1) is 5.82 Å². The maximum Gasteiger partial charge on any atom is 0.266 e. The van der Waals surface area contributed by atoms with Crippen molar-refractivity contribution in [3.05, 3.63) is 81.4 Å². The van der Waals surface area contributed by atoms with Crippen LogP contribution >= 0.6 is 11.6 Å². The molecule has 1 heterocycles. The standard InChI is InChI=1S/C25H29ClFN3O2/c1-2-29(18-19-8-7-9-21(27)16-19)14-5-3-4-6-15-30-25(32)13-11-23(28-30)22-17-20(26)10-12-24(22)31/h7-13,16-17,31H,2-6,14-15,18H2,1H3. The molecule has 0 bridgehead atoms. The molecule has 5 nitrogen and oxygen atoms in total. The molecule has 2 aromatic carbocycles. The number of rotatable bonds is 11. The van der Waals surface area contributed by atoms with Crippen molar-refractivity contribution in [2.75, 3.05) is 13.1 Å². The smallest absolute Gasteiger partial charge is 0.266 e. The van der Waals surface area contributed by atoms with Crippen LogP contribution in [0.15, 0.2) is 59.4 Å². The summed E-state index contributed by atoms with van der Waals surface area (Å²) in [7, 11) is 0. The van der Waals surface area contributed by atoms with Crippen LogP contribution in [-0.4, -0.2) is 32.9 Å². The van der Waals surface area contributed by atoms with Crippen LogP contribution in [0.3, 0.4) is 0 Å². The monoisotopic (exact) mass is 457 g/mol. The molecule has 0 spiro atoms. The zero-order valence-corrected chi connectivity index (χ0v) is 19.1. The number of halogens is 2.